The molecule has 0 saturated heterocycles. The first-order chi connectivity index (χ1) is 13.5. The smallest absolute Gasteiger partial charge is 0.323 e. The number of carbonyl (C=O) groups is 1. The minimum Gasteiger partial charge on any atom is -0.493 e. The molecular formula is C21H20ClN3O3. The number of amides is 2. The van der Waals surface area contributed by atoms with Crippen LogP contribution in [0.3, 0.4) is 0 Å². The normalized spacial score (nSPS) is 10.3. The third kappa shape index (κ3) is 4.53. The number of benzene rings is 2. The summed E-state index contributed by atoms with van der Waals surface area (Å²) in [5, 5.41) is 6.16. The van der Waals surface area contributed by atoms with Gasteiger partial charge < -0.3 is 20.1 Å². The first kappa shape index (κ1) is 19.5. The molecule has 0 saturated carbocycles. The summed E-state index contributed by atoms with van der Waals surface area (Å²) in [7, 11) is 3.18. The summed E-state index contributed by atoms with van der Waals surface area (Å²) in [5.74, 6) is 1.28. The van der Waals surface area contributed by atoms with Crippen LogP contribution in [0.1, 0.15) is 5.69 Å². The van der Waals surface area contributed by atoms with Gasteiger partial charge in [-0.05, 0) is 61.5 Å². The Balaban J connectivity index is 1.75. The maximum atomic E-state index is 12.2. The highest BCUT2D eigenvalue weighted by molar-refractivity contribution is 6.30. The number of pyridine rings is 1. The predicted molar refractivity (Wildman–Crippen MR) is 112 cm³/mol. The van der Waals surface area contributed by atoms with Crippen molar-refractivity contribution in [3.8, 4) is 22.8 Å². The van der Waals surface area contributed by atoms with Crippen LogP contribution in [0, 0.1) is 6.92 Å². The third-order valence-corrected chi connectivity index (χ3v) is 4.37. The van der Waals surface area contributed by atoms with E-state index in [1.54, 1.807) is 38.5 Å². The number of hydrogen-bond acceptors (Lipinski definition) is 4. The van der Waals surface area contributed by atoms with Gasteiger partial charge in [0.2, 0.25) is 0 Å². The Kier molecular flexibility index (Phi) is 6.01. The quantitative estimate of drug-likeness (QED) is 0.606. The number of anilines is 2. The highest BCUT2D eigenvalue weighted by atomic mass is 35.5. The van der Waals surface area contributed by atoms with E-state index < -0.39 is 0 Å². The molecule has 0 atom stereocenters. The van der Waals surface area contributed by atoms with Crippen LogP contribution in [0.15, 0.2) is 54.6 Å². The highest BCUT2D eigenvalue weighted by Crippen LogP contribution is 2.32. The Morgan fingerprint density at radius 3 is 2.29 bits per heavy atom. The zero-order chi connectivity index (χ0) is 20.1. The molecule has 144 valence electrons. The number of nitrogens with zero attached hydrogens (tertiary/aromatic N) is 1. The van der Waals surface area contributed by atoms with Gasteiger partial charge in [0.15, 0.2) is 11.5 Å². The van der Waals surface area contributed by atoms with Gasteiger partial charge in [0, 0.05) is 16.3 Å². The van der Waals surface area contributed by atoms with Gasteiger partial charge in [-0.25, -0.2) is 4.79 Å². The lowest BCUT2D eigenvalue weighted by atomic mass is 10.1. The van der Waals surface area contributed by atoms with Crippen LogP contribution >= 0.6 is 11.6 Å². The van der Waals surface area contributed by atoms with Gasteiger partial charge in [0.25, 0.3) is 0 Å². The molecular weight excluding hydrogens is 378 g/mol. The van der Waals surface area contributed by atoms with Crippen molar-refractivity contribution >= 4 is 29.0 Å². The molecule has 0 aliphatic carbocycles. The van der Waals surface area contributed by atoms with Crippen molar-refractivity contribution in [3.63, 3.8) is 0 Å². The lowest BCUT2D eigenvalue weighted by molar-refractivity contribution is 0.262. The van der Waals surface area contributed by atoms with Gasteiger partial charge in [-0.15, -0.1) is 0 Å². The molecule has 3 aromatic rings. The number of methoxy groups -OCH3 is 2. The summed E-state index contributed by atoms with van der Waals surface area (Å²) in [4.78, 5) is 16.8. The molecule has 7 heteroatoms. The van der Waals surface area contributed by atoms with Crippen LogP contribution in [-0.4, -0.2) is 25.2 Å². The summed E-state index contributed by atoms with van der Waals surface area (Å²) in [6, 6.07) is 15.8. The van der Waals surface area contributed by atoms with Crippen LogP contribution in [-0.2, 0) is 0 Å². The fourth-order valence-electron chi connectivity index (χ4n) is 2.67. The number of rotatable bonds is 5. The van der Waals surface area contributed by atoms with Gasteiger partial charge in [-0.2, -0.15) is 0 Å². The maximum Gasteiger partial charge on any atom is 0.323 e. The number of aromatic nitrogens is 1. The van der Waals surface area contributed by atoms with Crippen LogP contribution in [0.5, 0.6) is 11.5 Å². The average Bonchev–Trinajstić information content (AvgIpc) is 2.70. The van der Waals surface area contributed by atoms with E-state index in [-0.39, 0.29) is 6.03 Å². The van der Waals surface area contributed by atoms with Crippen molar-refractivity contribution in [3.05, 3.63) is 65.3 Å². The summed E-state index contributed by atoms with van der Waals surface area (Å²) in [6.45, 7) is 1.84. The second-order valence-corrected chi connectivity index (χ2v) is 6.42. The van der Waals surface area contributed by atoms with Crippen LogP contribution in [0.2, 0.25) is 5.02 Å². The van der Waals surface area contributed by atoms with Crippen LogP contribution in [0.4, 0.5) is 16.2 Å². The van der Waals surface area contributed by atoms with Crippen LogP contribution in [0.25, 0.3) is 11.3 Å². The highest BCUT2D eigenvalue weighted by Gasteiger charge is 2.10. The van der Waals surface area contributed by atoms with E-state index in [2.05, 4.69) is 15.6 Å². The van der Waals surface area contributed by atoms with Crippen molar-refractivity contribution in [2.24, 2.45) is 0 Å². The number of nitrogens with one attached hydrogen (secondary N) is 2. The van der Waals surface area contributed by atoms with E-state index >= 15 is 0 Å². The molecule has 0 aliphatic rings. The monoisotopic (exact) mass is 397 g/mol. The molecule has 1 aromatic heterocycles. The molecule has 0 fully saturated rings. The molecule has 0 spiro atoms. The van der Waals surface area contributed by atoms with Crippen molar-refractivity contribution in [1.29, 1.82) is 0 Å². The zero-order valence-corrected chi connectivity index (χ0v) is 16.5. The Morgan fingerprint density at radius 1 is 0.929 bits per heavy atom. The standard InChI is InChI=1S/C21H20ClN3O3/c1-13-17(25-21(26)24-16-7-5-15(22)6-8-16)9-10-18(23-13)14-4-11-19(27-2)20(12-14)28-3/h4-12H,1-3H3,(H2,24,25,26). The number of carbonyl (C=O) groups excluding carboxylic acids is 1. The van der Waals surface area contributed by atoms with Crippen molar-refractivity contribution in [1.82, 2.24) is 4.98 Å². The van der Waals surface area contributed by atoms with Gasteiger partial charge >= 0.3 is 6.03 Å². The summed E-state index contributed by atoms with van der Waals surface area (Å²) < 4.78 is 10.6. The number of halogens is 1. The van der Waals surface area contributed by atoms with Crippen molar-refractivity contribution < 1.29 is 14.3 Å². The third-order valence-electron chi connectivity index (χ3n) is 4.12. The van der Waals surface area contributed by atoms with Gasteiger partial charge in [-0.1, -0.05) is 11.6 Å². The largest absolute Gasteiger partial charge is 0.493 e. The molecule has 3 rings (SSSR count). The average molecular weight is 398 g/mol. The minimum atomic E-state index is -0.355. The molecule has 0 unspecified atom stereocenters. The molecule has 28 heavy (non-hydrogen) atoms. The first-order valence-corrected chi connectivity index (χ1v) is 8.91. The molecule has 2 aromatic carbocycles. The number of hydrogen-bond donors (Lipinski definition) is 2. The van der Waals surface area contributed by atoms with Crippen molar-refractivity contribution in [2.45, 2.75) is 6.92 Å². The number of urea groups is 1. The van der Waals surface area contributed by atoms with E-state index in [0.717, 1.165) is 11.3 Å². The summed E-state index contributed by atoms with van der Waals surface area (Å²) >= 11 is 5.85. The van der Waals surface area contributed by atoms with Crippen molar-refractivity contribution in [2.75, 3.05) is 24.9 Å². The van der Waals surface area contributed by atoms with Gasteiger partial charge in [0.05, 0.1) is 31.3 Å². The van der Waals surface area contributed by atoms with Crippen LogP contribution < -0.4 is 20.1 Å². The zero-order valence-electron chi connectivity index (χ0n) is 15.7. The maximum absolute atomic E-state index is 12.2. The Bertz CT molecular complexity index is 991. The Labute approximate surface area is 168 Å². The topological polar surface area (TPSA) is 72.5 Å². The summed E-state index contributed by atoms with van der Waals surface area (Å²) in [5.41, 5.74) is 3.61. The molecule has 0 radical (unpaired) electrons. The van der Waals surface area contributed by atoms with E-state index in [0.29, 0.717) is 33.6 Å². The Morgan fingerprint density at radius 2 is 1.64 bits per heavy atom. The first-order valence-electron chi connectivity index (χ1n) is 8.54. The van der Waals surface area contributed by atoms with E-state index in [4.69, 9.17) is 21.1 Å². The molecule has 0 bridgehead atoms. The Hall–Kier alpha value is -3.25. The minimum absolute atomic E-state index is 0.355. The molecule has 0 aliphatic heterocycles. The number of ether oxygens (including phenoxy) is 2. The molecule has 6 nitrogen and oxygen atoms in total. The van der Waals surface area contributed by atoms with E-state index in [9.17, 15) is 4.79 Å². The van der Waals surface area contributed by atoms with E-state index in [1.807, 2.05) is 37.3 Å². The molecule has 2 amide bonds. The predicted octanol–water partition coefficient (Wildman–Crippen LogP) is 5.37. The van der Waals surface area contributed by atoms with Gasteiger partial charge in [-0.3, -0.25) is 4.98 Å². The second-order valence-electron chi connectivity index (χ2n) is 5.99. The van der Waals surface area contributed by atoms with E-state index in [1.165, 1.54) is 0 Å². The second kappa shape index (κ2) is 8.63. The fraction of sp³-hybridized carbons (Fsp3) is 0.143. The molecule has 1 heterocycles. The lowest BCUT2D eigenvalue weighted by Gasteiger charge is -2.12. The summed E-state index contributed by atoms with van der Waals surface area (Å²) in [6.07, 6.45) is 0. The fourth-order valence-corrected chi connectivity index (χ4v) is 2.79. The molecule has 2 N–H and O–H groups in total. The van der Waals surface area contributed by atoms with Gasteiger partial charge in [0.1, 0.15) is 0 Å². The SMILES string of the molecule is COc1ccc(-c2ccc(NC(=O)Nc3ccc(Cl)cc3)c(C)n2)cc1OC. The number of aryl methyl sites for hydroxylation is 1. The lowest BCUT2D eigenvalue weighted by Crippen LogP contribution is -2.20.